The van der Waals surface area contributed by atoms with E-state index >= 15 is 0 Å². The molecule has 2 rings (SSSR count). The smallest absolute Gasteiger partial charge is 0.158 e. The summed E-state index contributed by atoms with van der Waals surface area (Å²) in [4.78, 5) is 0. The molecule has 1 N–H and O–H groups in total. The summed E-state index contributed by atoms with van der Waals surface area (Å²) in [5, 5.41) is 13.1. The van der Waals surface area contributed by atoms with E-state index in [2.05, 4.69) is 132 Å². The van der Waals surface area contributed by atoms with Gasteiger partial charge in [-0.25, -0.2) is 4.39 Å². The lowest BCUT2D eigenvalue weighted by Crippen LogP contribution is -2.85. The highest BCUT2D eigenvalue weighted by molar-refractivity contribution is 7.88. The number of halogens is 1. The van der Waals surface area contributed by atoms with Crippen LogP contribution in [0, 0.1) is 11.7 Å². The summed E-state index contributed by atoms with van der Waals surface area (Å²) in [5.74, 6) is 0.0209. The molecule has 2 aromatic rings. The van der Waals surface area contributed by atoms with E-state index in [1.165, 1.54) is 12.1 Å². The van der Waals surface area contributed by atoms with Crippen molar-refractivity contribution in [3.05, 3.63) is 71.5 Å². The number of hydrogen-bond donors (Lipinski definition) is 1. The Kier molecular flexibility index (Phi) is 14.4. The number of benzene rings is 2. The molecule has 3 nitrogen and oxygen atoms in total. The van der Waals surface area contributed by atoms with Crippen molar-refractivity contribution in [1.29, 1.82) is 0 Å². The fourth-order valence-electron chi connectivity index (χ4n) is 11.3. The van der Waals surface area contributed by atoms with Gasteiger partial charge in [0, 0.05) is 18.6 Å². The van der Waals surface area contributed by atoms with Crippen LogP contribution >= 0.6 is 0 Å². The highest BCUT2D eigenvalue weighted by Gasteiger charge is 2.66. The van der Waals surface area contributed by atoms with Crippen LogP contribution in [0.15, 0.2) is 54.6 Å². The Morgan fingerprint density at radius 2 is 0.880 bits per heavy atom. The largest absolute Gasteiger partial charge is 0.423 e. The molecule has 0 heterocycles. The average molecular weight is 826 g/mol. The van der Waals surface area contributed by atoms with Crippen LogP contribution in [0.2, 0.25) is 118 Å². The molecular weight excluding hydrogens is 748 g/mol. The normalized spacial score (nSPS) is 17.1. The van der Waals surface area contributed by atoms with Gasteiger partial charge < -0.3 is 14.0 Å². The SMILES string of the molecule is CC(C)[C@@H](C[C@@H](C[C@@](O)(c1ccccc1)c1ccc(F)cc1)O[Si]([Si](C)(C)C)([Si](C)(C)C)[Si](C)(C)C)O[Si]([Si](C)(C)C)([Si](C)(C)C)[Si](C)(C)C. The molecule has 50 heavy (non-hydrogen) atoms. The maximum atomic E-state index is 14.4. The third-order valence-electron chi connectivity index (χ3n) is 11.3. The Bertz CT molecular complexity index is 1310. The molecule has 12 heteroatoms. The molecule has 0 aliphatic rings. The van der Waals surface area contributed by atoms with Gasteiger partial charge in [-0.1, -0.05) is 174 Å². The summed E-state index contributed by atoms with van der Waals surface area (Å²) in [6, 6.07) is 16.6. The predicted octanol–water partition coefficient (Wildman–Crippen LogP) is 11.7. The van der Waals surface area contributed by atoms with Crippen LogP contribution in [0.3, 0.4) is 0 Å². The summed E-state index contributed by atoms with van der Waals surface area (Å²) in [5.41, 5.74) is 0.209. The zero-order chi connectivity index (χ0) is 39.2. The minimum atomic E-state index is -2.32. The number of aliphatic hydroxyl groups is 1. The van der Waals surface area contributed by atoms with Crippen LogP contribution in [-0.4, -0.2) is 76.6 Å². The molecule has 0 aromatic heterocycles. The van der Waals surface area contributed by atoms with E-state index in [4.69, 9.17) is 8.85 Å². The molecule has 0 aliphatic carbocycles. The second kappa shape index (κ2) is 15.6. The van der Waals surface area contributed by atoms with E-state index < -0.39 is 64.9 Å². The van der Waals surface area contributed by atoms with Crippen molar-refractivity contribution in [2.45, 2.75) is 162 Å². The Labute approximate surface area is 315 Å². The summed E-state index contributed by atoms with van der Waals surface area (Å²) >= 11 is 0. The first kappa shape index (κ1) is 46.1. The van der Waals surface area contributed by atoms with Crippen LogP contribution in [0.25, 0.3) is 0 Å². The Hall–Kier alpha value is -0.0149. The highest BCUT2D eigenvalue weighted by atomic mass is 29.9. The second-order valence-corrected chi connectivity index (χ2v) is 101. The van der Waals surface area contributed by atoms with Crippen molar-refractivity contribution < 1.29 is 18.3 Å². The highest BCUT2D eigenvalue weighted by Crippen LogP contribution is 2.45. The minimum Gasteiger partial charge on any atom is -0.423 e. The summed E-state index contributed by atoms with van der Waals surface area (Å²) < 4.78 is 30.7. The van der Waals surface area contributed by atoms with Gasteiger partial charge in [-0.2, -0.15) is 0 Å². The molecule has 0 bridgehead atoms. The minimum absolute atomic E-state index is 0.0432. The summed E-state index contributed by atoms with van der Waals surface area (Å²) in [6.45, 7) is 46.8. The van der Waals surface area contributed by atoms with Crippen molar-refractivity contribution in [2.24, 2.45) is 5.92 Å². The van der Waals surface area contributed by atoms with Crippen LogP contribution in [0.1, 0.15) is 37.8 Å². The molecule has 0 fully saturated rings. The fourth-order valence-corrected chi connectivity index (χ4v) is 200. The lowest BCUT2D eigenvalue weighted by Gasteiger charge is -2.59. The molecule has 3 atom stereocenters. The first-order valence-electron chi connectivity index (χ1n) is 19.1. The zero-order valence-corrected chi connectivity index (χ0v) is 44.0. The van der Waals surface area contributed by atoms with Crippen molar-refractivity contribution in [1.82, 2.24) is 0 Å². The van der Waals surface area contributed by atoms with Gasteiger partial charge >= 0.3 is 0 Å². The number of hydrogen-bond acceptors (Lipinski definition) is 3. The fraction of sp³-hybridized carbons (Fsp3) is 0.684. The Balaban J connectivity index is 3.01. The van der Waals surface area contributed by atoms with Gasteiger partial charge in [0.25, 0.3) is 0 Å². The third kappa shape index (κ3) is 9.26. The third-order valence-corrected chi connectivity index (χ3v) is 147. The van der Waals surface area contributed by atoms with E-state index in [0.29, 0.717) is 12.3 Å². The predicted molar refractivity (Wildman–Crippen MR) is 241 cm³/mol. The van der Waals surface area contributed by atoms with Gasteiger partial charge in [-0.05, 0) is 35.6 Å². The molecule has 0 saturated carbocycles. The molecule has 0 saturated heterocycles. The van der Waals surface area contributed by atoms with Gasteiger partial charge in [-0.15, -0.1) is 0 Å². The zero-order valence-electron chi connectivity index (χ0n) is 36.0. The topological polar surface area (TPSA) is 38.7 Å². The van der Waals surface area contributed by atoms with Crippen LogP contribution < -0.4 is 0 Å². The molecular formula is C38H77FO3Si8. The second-order valence-electron chi connectivity index (χ2n) is 21.7. The van der Waals surface area contributed by atoms with Gasteiger partial charge in [0.15, 0.2) is 13.7 Å². The Morgan fingerprint density at radius 3 is 1.22 bits per heavy atom. The standard InChI is InChI=1S/C38H77FO3Si8/c1-32(2)37(42-50(46(12,13)14,47(15,16)17)48(18,19)20)30-36(41-49(43(3,4)5,44(6,7)8)45(9,10)11)31-38(40,33-24-22-21-23-25-33)34-26-28-35(39)29-27-34/h21-29,32,36-37,40H,30-31H2,1-20H3/t36-,37+,38+/m0/s1. The summed E-state index contributed by atoms with van der Waals surface area (Å²) in [7, 11) is -10.6. The average Bonchev–Trinajstić information content (AvgIpc) is 2.89. The quantitative estimate of drug-likeness (QED) is 0.162. The molecule has 0 amide bonds. The molecule has 0 spiro atoms. The van der Waals surface area contributed by atoms with Gasteiger partial charge in [-0.3, -0.25) is 0 Å². The lowest BCUT2D eigenvalue weighted by atomic mass is 9.80. The van der Waals surface area contributed by atoms with E-state index in [1.807, 2.05) is 30.3 Å². The lowest BCUT2D eigenvalue weighted by molar-refractivity contribution is 0.00461. The van der Waals surface area contributed by atoms with Gasteiger partial charge in [0.2, 0.25) is 0 Å². The Morgan fingerprint density at radius 1 is 0.540 bits per heavy atom. The van der Waals surface area contributed by atoms with E-state index in [1.54, 1.807) is 12.1 Å². The number of rotatable bonds is 17. The van der Waals surface area contributed by atoms with Crippen molar-refractivity contribution in [3.8, 4) is 0 Å². The molecule has 286 valence electrons. The maximum absolute atomic E-state index is 14.4. The van der Waals surface area contributed by atoms with Crippen molar-refractivity contribution >= 4 is 59.3 Å². The van der Waals surface area contributed by atoms with Crippen LogP contribution in [-0.2, 0) is 14.5 Å². The van der Waals surface area contributed by atoms with Crippen molar-refractivity contribution in [2.75, 3.05) is 0 Å². The van der Waals surface area contributed by atoms with Gasteiger partial charge in [0.05, 0.1) is 45.5 Å². The first-order valence-corrected chi connectivity index (χ1v) is 49.9. The van der Waals surface area contributed by atoms with Crippen LogP contribution in [0.4, 0.5) is 4.39 Å². The maximum Gasteiger partial charge on any atom is 0.158 e. The molecule has 0 unspecified atom stereocenters. The molecule has 0 radical (unpaired) electrons. The van der Waals surface area contributed by atoms with Crippen LogP contribution in [0.5, 0.6) is 0 Å². The van der Waals surface area contributed by atoms with E-state index in [9.17, 15) is 9.50 Å². The molecule has 0 aliphatic heterocycles. The van der Waals surface area contributed by atoms with E-state index in [0.717, 1.165) is 17.5 Å². The van der Waals surface area contributed by atoms with E-state index in [-0.39, 0.29) is 18.0 Å². The van der Waals surface area contributed by atoms with Gasteiger partial charge in [0.1, 0.15) is 11.4 Å². The monoisotopic (exact) mass is 824 g/mol. The molecule has 2 aromatic carbocycles. The van der Waals surface area contributed by atoms with Crippen molar-refractivity contribution in [3.63, 3.8) is 0 Å². The summed E-state index contributed by atoms with van der Waals surface area (Å²) in [6.07, 6.45) is 1.04. The first-order chi connectivity index (χ1) is 22.2.